The van der Waals surface area contributed by atoms with Gasteiger partial charge in [0.25, 0.3) is 0 Å². The van der Waals surface area contributed by atoms with E-state index in [1.54, 1.807) is 18.3 Å². The highest BCUT2D eigenvalue weighted by Crippen LogP contribution is 2.20. The number of nitrogens with zero attached hydrogens (tertiary/aromatic N) is 1. The van der Waals surface area contributed by atoms with E-state index in [-0.39, 0.29) is 12.6 Å². The summed E-state index contributed by atoms with van der Waals surface area (Å²) in [7, 11) is 0. The van der Waals surface area contributed by atoms with Gasteiger partial charge in [0.2, 0.25) is 0 Å². The summed E-state index contributed by atoms with van der Waals surface area (Å²) in [5.41, 5.74) is 2.26. The summed E-state index contributed by atoms with van der Waals surface area (Å²) in [4.78, 5) is 16.0. The zero-order valence-electron chi connectivity index (χ0n) is 13.4. The molecule has 0 aliphatic carbocycles. The third-order valence-corrected chi connectivity index (χ3v) is 3.77. The summed E-state index contributed by atoms with van der Waals surface area (Å²) >= 11 is 0. The SMILES string of the molecule is Cc1cc(NC(=O)NCC(O)c2ccc3ccccc3c2)ccn1. The standard InChI is InChI=1S/C19H19N3O2/c1-13-10-17(8-9-20-13)22-19(24)21-12-18(23)16-7-6-14-4-2-3-5-15(14)11-16/h2-11,18,23H,12H2,1H3,(H2,20,21,22,24). The largest absolute Gasteiger partial charge is 0.387 e. The van der Waals surface area contributed by atoms with Crippen molar-refractivity contribution in [3.05, 3.63) is 72.1 Å². The molecule has 3 N–H and O–H groups in total. The fourth-order valence-corrected chi connectivity index (χ4v) is 2.52. The molecule has 2 amide bonds. The number of hydrogen-bond donors (Lipinski definition) is 3. The van der Waals surface area contributed by atoms with Crippen LogP contribution in [-0.2, 0) is 0 Å². The number of amides is 2. The van der Waals surface area contributed by atoms with E-state index in [0.29, 0.717) is 5.69 Å². The Kier molecular flexibility index (Phi) is 4.72. The van der Waals surface area contributed by atoms with Crippen LogP contribution in [-0.4, -0.2) is 22.7 Å². The Bertz CT molecular complexity index is 864. The lowest BCUT2D eigenvalue weighted by atomic mass is 10.0. The molecule has 5 heteroatoms. The van der Waals surface area contributed by atoms with E-state index in [4.69, 9.17) is 0 Å². The van der Waals surface area contributed by atoms with Gasteiger partial charge in [-0.2, -0.15) is 0 Å². The molecule has 0 spiro atoms. The van der Waals surface area contributed by atoms with Crippen LogP contribution in [0.2, 0.25) is 0 Å². The first-order chi connectivity index (χ1) is 11.6. The van der Waals surface area contributed by atoms with Crippen LogP contribution in [0.3, 0.4) is 0 Å². The molecule has 3 rings (SSSR count). The molecule has 24 heavy (non-hydrogen) atoms. The lowest BCUT2D eigenvalue weighted by Gasteiger charge is -2.14. The van der Waals surface area contributed by atoms with Gasteiger partial charge in [0.05, 0.1) is 6.10 Å². The molecular formula is C19H19N3O2. The maximum Gasteiger partial charge on any atom is 0.319 e. The zero-order chi connectivity index (χ0) is 16.9. The van der Waals surface area contributed by atoms with E-state index in [1.807, 2.05) is 49.4 Å². The Hall–Kier alpha value is -2.92. The molecule has 0 saturated carbocycles. The van der Waals surface area contributed by atoms with Crippen molar-refractivity contribution in [2.24, 2.45) is 0 Å². The smallest absolute Gasteiger partial charge is 0.319 e. The van der Waals surface area contributed by atoms with Crippen LogP contribution in [0.25, 0.3) is 10.8 Å². The third kappa shape index (κ3) is 3.88. The maximum absolute atomic E-state index is 11.9. The van der Waals surface area contributed by atoms with Crippen LogP contribution in [0.4, 0.5) is 10.5 Å². The number of hydrogen-bond acceptors (Lipinski definition) is 3. The molecule has 0 fully saturated rings. The van der Waals surface area contributed by atoms with Crippen LogP contribution >= 0.6 is 0 Å². The van der Waals surface area contributed by atoms with E-state index in [9.17, 15) is 9.90 Å². The molecule has 122 valence electrons. The topological polar surface area (TPSA) is 74.2 Å². The Labute approximate surface area is 140 Å². The van der Waals surface area contributed by atoms with E-state index in [2.05, 4.69) is 15.6 Å². The molecule has 3 aromatic rings. The Morgan fingerprint density at radius 3 is 2.71 bits per heavy atom. The van der Waals surface area contributed by atoms with Crippen molar-refractivity contribution in [1.29, 1.82) is 0 Å². The summed E-state index contributed by atoms with van der Waals surface area (Å²) in [5.74, 6) is 0. The van der Waals surface area contributed by atoms with Gasteiger partial charge in [-0.25, -0.2) is 4.79 Å². The minimum absolute atomic E-state index is 0.133. The van der Waals surface area contributed by atoms with Crippen molar-refractivity contribution in [3.8, 4) is 0 Å². The fourth-order valence-electron chi connectivity index (χ4n) is 2.52. The highest BCUT2D eigenvalue weighted by Gasteiger charge is 2.10. The summed E-state index contributed by atoms with van der Waals surface area (Å²) in [6.45, 7) is 1.99. The molecule has 0 saturated heterocycles. The lowest BCUT2D eigenvalue weighted by molar-refractivity contribution is 0.175. The number of benzene rings is 2. The first-order valence-corrected chi connectivity index (χ1v) is 7.76. The van der Waals surface area contributed by atoms with Gasteiger partial charge in [0.15, 0.2) is 0 Å². The van der Waals surface area contributed by atoms with E-state index in [1.165, 1.54) is 0 Å². The number of aliphatic hydroxyl groups excluding tert-OH is 1. The summed E-state index contributed by atoms with van der Waals surface area (Å²) in [6, 6.07) is 16.9. The van der Waals surface area contributed by atoms with Gasteiger partial charge in [0.1, 0.15) is 0 Å². The van der Waals surface area contributed by atoms with Gasteiger partial charge in [0, 0.05) is 24.1 Å². The van der Waals surface area contributed by atoms with Crippen molar-refractivity contribution in [2.45, 2.75) is 13.0 Å². The summed E-state index contributed by atoms with van der Waals surface area (Å²) in [5, 5.41) is 17.9. The van der Waals surface area contributed by atoms with Crippen molar-refractivity contribution in [1.82, 2.24) is 10.3 Å². The van der Waals surface area contributed by atoms with Crippen molar-refractivity contribution in [3.63, 3.8) is 0 Å². The molecular weight excluding hydrogens is 302 g/mol. The lowest BCUT2D eigenvalue weighted by Crippen LogP contribution is -2.32. The molecule has 1 unspecified atom stereocenters. The van der Waals surface area contributed by atoms with E-state index >= 15 is 0 Å². The van der Waals surface area contributed by atoms with Crippen molar-refractivity contribution in [2.75, 3.05) is 11.9 Å². The molecule has 2 aromatic carbocycles. The van der Waals surface area contributed by atoms with Gasteiger partial charge in [-0.05, 0) is 41.5 Å². The van der Waals surface area contributed by atoms with Gasteiger partial charge in [-0.15, -0.1) is 0 Å². The van der Waals surface area contributed by atoms with Crippen LogP contribution in [0.5, 0.6) is 0 Å². The predicted octanol–water partition coefficient (Wildman–Crippen LogP) is 3.40. The second-order valence-electron chi connectivity index (χ2n) is 5.64. The predicted molar refractivity (Wildman–Crippen MR) is 94.9 cm³/mol. The number of rotatable bonds is 4. The number of carbonyl (C=O) groups excluding carboxylic acids is 1. The average molecular weight is 321 g/mol. The number of pyridine rings is 1. The molecule has 0 aliphatic rings. The number of fused-ring (bicyclic) bond motifs is 1. The highest BCUT2D eigenvalue weighted by molar-refractivity contribution is 5.89. The number of urea groups is 1. The molecule has 0 aliphatic heterocycles. The molecule has 0 bridgehead atoms. The molecule has 1 aromatic heterocycles. The Morgan fingerprint density at radius 2 is 1.92 bits per heavy atom. The second-order valence-corrected chi connectivity index (χ2v) is 5.64. The number of anilines is 1. The van der Waals surface area contributed by atoms with Crippen LogP contribution in [0.1, 0.15) is 17.4 Å². The second kappa shape index (κ2) is 7.10. The van der Waals surface area contributed by atoms with Crippen LogP contribution in [0.15, 0.2) is 60.8 Å². The van der Waals surface area contributed by atoms with E-state index in [0.717, 1.165) is 22.0 Å². The first-order valence-electron chi connectivity index (χ1n) is 7.76. The molecule has 5 nitrogen and oxygen atoms in total. The average Bonchev–Trinajstić information content (AvgIpc) is 2.59. The van der Waals surface area contributed by atoms with Gasteiger partial charge < -0.3 is 15.7 Å². The number of aliphatic hydroxyl groups is 1. The van der Waals surface area contributed by atoms with Crippen LogP contribution < -0.4 is 10.6 Å². The number of aromatic nitrogens is 1. The maximum atomic E-state index is 11.9. The minimum atomic E-state index is -0.764. The summed E-state index contributed by atoms with van der Waals surface area (Å²) in [6.07, 6.45) is 0.869. The molecule has 1 heterocycles. The van der Waals surface area contributed by atoms with Gasteiger partial charge in [-0.3, -0.25) is 4.98 Å². The summed E-state index contributed by atoms with van der Waals surface area (Å²) < 4.78 is 0. The van der Waals surface area contributed by atoms with Gasteiger partial charge in [-0.1, -0.05) is 36.4 Å². The number of nitrogens with one attached hydrogen (secondary N) is 2. The number of carbonyl (C=O) groups is 1. The highest BCUT2D eigenvalue weighted by atomic mass is 16.3. The minimum Gasteiger partial charge on any atom is -0.387 e. The quantitative estimate of drug-likeness (QED) is 0.689. The normalized spacial score (nSPS) is 11.9. The van der Waals surface area contributed by atoms with Crippen LogP contribution in [0, 0.1) is 6.92 Å². The number of aryl methyl sites for hydroxylation is 1. The monoisotopic (exact) mass is 321 g/mol. The van der Waals surface area contributed by atoms with E-state index < -0.39 is 6.10 Å². The van der Waals surface area contributed by atoms with Crippen molar-refractivity contribution >= 4 is 22.5 Å². The first kappa shape index (κ1) is 16.0. The fraction of sp³-hybridized carbons (Fsp3) is 0.158. The van der Waals surface area contributed by atoms with Gasteiger partial charge >= 0.3 is 6.03 Å². The molecule has 1 atom stereocenters. The van der Waals surface area contributed by atoms with Crippen molar-refractivity contribution < 1.29 is 9.90 Å². The zero-order valence-corrected chi connectivity index (χ0v) is 13.4. The third-order valence-electron chi connectivity index (χ3n) is 3.77. The molecule has 0 radical (unpaired) electrons. The Balaban J connectivity index is 1.59. The Morgan fingerprint density at radius 1 is 1.12 bits per heavy atom.